The second-order valence-corrected chi connectivity index (χ2v) is 4.70. The number of hydrogen-bond donors (Lipinski definition) is 1. The average molecular weight is 279 g/mol. The van der Waals surface area contributed by atoms with Gasteiger partial charge in [-0.2, -0.15) is 0 Å². The molecule has 1 nitrogen and oxygen atoms in total. The molecule has 20 heavy (non-hydrogen) atoms. The van der Waals surface area contributed by atoms with Crippen LogP contribution in [0, 0.1) is 5.82 Å². The first-order chi connectivity index (χ1) is 9.56. The Morgan fingerprint density at radius 2 is 1.70 bits per heavy atom. The highest BCUT2D eigenvalue weighted by Crippen LogP contribution is 2.19. The predicted octanol–water partition coefficient (Wildman–Crippen LogP) is 4.61. The topological polar surface area (TPSA) is 12.0 Å². The van der Waals surface area contributed by atoms with Crippen LogP contribution in [-0.2, 0) is 6.54 Å². The molecule has 0 aromatic heterocycles. The van der Waals surface area contributed by atoms with Gasteiger partial charge in [0, 0.05) is 18.2 Å². The number of hydrogen-bond acceptors (Lipinski definition) is 1. The molecule has 0 aliphatic carbocycles. The lowest BCUT2D eigenvalue weighted by Crippen LogP contribution is -2.18. The lowest BCUT2D eigenvalue weighted by atomic mass is 10.1. The van der Waals surface area contributed by atoms with Gasteiger partial charge in [-0.05, 0) is 30.2 Å². The minimum Gasteiger partial charge on any atom is -0.306 e. The van der Waals surface area contributed by atoms with E-state index in [2.05, 4.69) is 5.32 Å². The highest BCUT2D eigenvalue weighted by molar-refractivity contribution is 5.24. The van der Waals surface area contributed by atoms with Gasteiger partial charge in [0.05, 0.1) is 0 Å². The molecule has 4 heteroatoms. The van der Waals surface area contributed by atoms with E-state index < -0.39 is 6.43 Å². The number of alkyl halides is 2. The summed E-state index contributed by atoms with van der Waals surface area (Å²) in [4.78, 5) is 0. The van der Waals surface area contributed by atoms with Crippen molar-refractivity contribution in [2.75, 3.05) is 0 Å². The van der Waals surface area contributed by atoms with Gasteiger partial charge in [0.15, 0.2) is 0 Å². The SMILES string of the molecule is CC(NCc1ccc(C(F)F)cc1)c1cccc(F)c1. The van der Waals surface area contributed by atoms with Gasteiger partial charge in [-0.3, -0.25) is 0 Å². The molecular weight excluding hydrogens is 263 g/mol. The Morgan fingerprint density at radius 3 is 2.30 bits per heavy atom. The minimum atomic E-state index is -2.44. The van der Waals surface area contributed by atoms with Crippen LogP contribution < -0.4 is 5.32 Å². The van der Waals surface area contributed by atoms with Gasteiger partial charge in [-0.25, -0.2) is 13.2 Å². The quantitative estimate of drug-likeness (QED) is 0.842. The maximum Gasteiger partial charge on any atom is 0.263 e. The van der Waals surface area contributed by atoms with Crippen LogP contribution in [0.3, 0.4) is 0 Å². The monoisotopic (exact) mass is 279 g/mol. The molecule has 0 heterocycles. The van der Waals surface area contributed by atoms with Gasteiger partial charge in [-0.1, -0.05) is 36.4 Å². The third kappa shape index (κ3) is 3.84. The molecule has 106 valence electrons. The van der Waals surface area contributed by atoms with E-state index >= 15 is 0 Å². The van der Waals surface area contributed by atoms with E-state index in [-0.39, 0.29) is 17.4 Å². The van der Waals surface area contributed by atoms with Crippen molar-refractivity contribution in [3.63, 3.8) is 0 Å². The molecule has 0 fully saturated rings. The van der Waals surface area contributed by atoms with Crippen molar-refractivity contribution in [2.45, 2.75) is 25.9 Å². The van der Waals surface area contributed by atoms with E-state index in [4.69, 9.17) is 0 Å². The van der Waals surface area contributed by atoms with E-state index in [0.29, 0.717) is 6.54 Å². The molecule has 0 saturated carbocycles. The van der Waals surface area contributed by atoms with Crippen LogP contribution in [0.15, 0.2) is 48.5 Å². The van der Waals surface area contributed by atoms with Gasteiger partial charge in [0.2, 0.25) is 0 Å². The summed E-state index contributed by atoms with van der Waals surface area (Å²) in [6.07, 6.45) is -2.44. The van der Waals surface area contributed by atoms with E-state index in [1.165, 1.54) is 24.3 Å². The minimum absolute atomic E-state index is 0.0134. The van der Waals surface area contributed by atoms with Crippen LogP contribution in [-0.4, -0.2) is 0 Å². The Hall–Kier alpha value is -1.81. The van der Waals surface area contributed by atoms with Crippen LogP contribution in [0.5, 0.6) is 0 Å². The number of rotatable bonds is 5. The van der Waals surface area contributed by atoms with Crippen LogP contribution in [0.25, 0.3) is 0 Å². The van der Waals surface area contributed by atoms with Crippen LogP contribution >= 0.6 is 0 Å². The first-order valence-corrected chi connectivity index (χ1v) is 6.42. The molecule has 1 N–H and O–H groups in total. The Balaban J connectivity index is 1.94. The number of nitrogens with one attached hydrogen (secondary N) is 1. The highest BCUT2D eigenvalue weighted by atomic mass is 19.3. The Bertz CT molecular complexity index is 552. The molecule has 0 spiro atoms. The van der Waals surface area contributed by atoms with Crippen LogP contribution in [0.4, 0.5) is 13.2 Å². The maximum absolute atomic E-state index is 13.1. The fourth-order valence-electron chi connectivity index (χ4n) is 1.95. The first kappa shape index (κ1) is 14.6. The average Bonchev–Trinajstić information content (AvgIpc) is 2.45. The third-order valence-corrected chi connectivity index (χ3v) is 3.19. The number of halogens is 3. The predicted molar refractivity (Wildman–Crippen MR) is 73.1 cm³/mol. The first-order valence-electron chi connectivity index (χ1n) is 6.42. The molecular formula is C16H16F3N. The van der Waals surface area contributed by atoms with E-state index in [9.17, 15) is 13.2 Å². The summed E-state index contributed by atoms with van der Waals surface area (Å²) in [6, 6.07) is 12.6. The van der Waals surface area contributed by atoms with Crippen LogP contribution in [0.2, 0.25) is 0 Å². The van der Waals surface area contributed by atoms with Crippen molar-refractivity contribution in [1.82, 2.24) is 5.32 Å². The summed E-state index contributed by atoms with van der Waals surface area (Å²) < 4.78 is 38.0. The van der Waals surface area contributed by atoms with E-state index in [1.54, 1.807) is 18.2 Å². The molecule has 0 amide bonds. The molecule has 1 unspecified atom stereocenters. The van der Waals surface area contributed by atoms with Gasteiger partial charge < -0.3 is 5.32 Å². The lowest BCUT2D eigenvalue weighted by molar-refractivity contribution is 0.151. The van der Waals surface area contributed by atoms with Gasteiger partial charge >= 0.3 is 0 Å². The Labute approximate surface area is 116 Å². The fraction of sp³-hybridized carbons (Fsp3) is 0.250. The third-order valence-electron chi connectivity index (χ3n) is 3.19. The smallest absolute Gasteiger partial charge is 0.263 e. The molecule has 2 rings (SSSR count). The zero-order valence-corrected chi connectivity index (χ0v) is 11.1. The van der Waals surface area contributed by atoms with E-state index in [0.717, 1.165) is 11.1 Å². The fourth-order valence-corrected chi connectivity index (χ4v) is 1.95. The summed E-state index contributed by atoms with van der Waals surface area (Å²) in [7, 11) is 0. The highest BCUT2D eigenvalue weighted by Gasteiger charge is 2.08. The summed E-state index contributed by atoms with van der Waals surface area (Å²) in [5.41, 5.74) is 1.79. The summed E-state index contributed by atoms with van der Waals surface area (Å²) >= 11 is 0. The molecule has 0 bridgehead atoms. The zero-order valence-electron chi connectivity index (χ0n) is 11.1. The largest absolute Gasteiger partial charge is 0.306 e. The number of benzene rings is 2. The Morgan fingerprint density at radius 1 is 1.00 bits per heavy atom. The summed E-state index contributed by atoms with van der Waals surface area (Å²) in [5.74, 6) is -0.266. The normalized spacial score (nSPS) is 12.7. The van der Waals surface area contributed by atoms with E-state index in [1.807, 2.05) is 13.0 Å². The molecule has 2 aromatic carbocycles. The van der Waals surface area contributed by atoms with Crippen molar-refractivity contribution in [3.05, 3.63) is 71.0 Å². The van der Waals surface area contributed by atoms with Crippen molar-refractivity contribution in [3.8, 4) is 0 Å². The van der Waals surface area contributed by atoms with Gasteiger partial charge in [-0.15, -0.1) is 0 Å². The molecule has 2 aromatic rings. The molecule has 1 atom stereocenters. The van der Waals surface area contributed by atoms with Gasteiger partial charge in [0.25, 0.3) is 6.43 Å². The molecule has 0 aliphatic heterocycles. The Kier molecular flexibility index (Phi) is 4.79. The standard InChI is InChI=1S/C16H16F3N/c1-11(14-3-2-4-15(17)9-14)20-10-12-5-7-13(8-6-12)16(18)19/h2-9,11,16,20H,10H2,1H3. The summed E-state index contributed by atoms with van der Waals surface area (Å²) in [6.45, 7) is 2.48. The molecule has 0 saturated heterocycles. The molecule has 0 radical (unpaired) electrons. The maximum atomic E-state index is 13.1. The summed E-state index contributed by atoms with van der Waals surface area (Å²) in [5, 5.41) is 3.24. The van der Waals surface area contributed by atoms with Crippen molar-refractivity contribution >= 4 is 0 Å². The van der Waals surface area contributed by atoms with Crippen LogP contribution in [0.1, 0.15) is 36.1 Å². The second kappa shape index (κ2) is 6.57. The van der Waals surface area contributed by atoms with Crippen molar-refractivity contribution in [1.29, 1.82) is 0 Å². The molecule has 0 aliphatic rings. The van der Waals surface area contributed by atoms with Crippen molar-refractivity contribution in [2.24, 2.45) is 0 Å². The van der Waals surface area contributed by atoms with Gasteiger partial charge in [0.1, 0.15) is 5.82 Å². The zero-order chi connectivity index (χ0) is 14.5. The second-order valence-electron chi connectivity index (χ2n) is 4.70. The lowest BCUT2D eigenvalue weighted by Gasteiger charge is -2.14. The van der Waals surface area contributed by atoms with Crippen molar-refractivity contribution < 1.29 is 13.2 Å².